The first-order valence-corrected chi connectivity index (χ1v) is 10.4. The number of halogens is 1. The number of nitrogens with one attached hydrogen (secondary N) is 1. The standard InChI is InChI=1S/C19H19ClN2O3S2/c1-11(14-9-13(24-2)5-6-16(14)25-3)21-18(23)10-26-19-22-15-8-12(20)4-7-17(15)27-19/h4-9,11H,10H2,1-3H3,(H,21,23). The van der Waals surface area contributed by atoms with Gasteiger partial charge in [0.05, 0.1) is 36.2 Å². The summed E-state index contributed by atoms with van der Waals surface area (Å²) in [5.41, 5.74) is 1.72. The third kappa shape index (κ3) is 4.86. The van der Waals surface area contributed by atoms with Gasteiger partial charge in [-0.3, -0.25) is 4.79 Å². The van der Waals surface area contributed by atoms with Gasteiger partial charge in [-0.2, -0.15) is 0 Å². The van der Waals surface area contributed by atoms with Crippen molar-refractivity contribution in [3.63, 3.8) is 0 Å². The normalized spacial score (nSPS) is 12.0. The minimum atomic E-state index is -0.211. The van der Waals surface area contributed by atoms with E-state index in [1.807, 2.05) is 43.3 Å². The summed E-state index contributed by atoms with van der Waals surface area (Å²) in [6, 6.07) is 10.9. The second-order valence-electron chi connectivity index (χ2n) is 5.78. The molecule has 0 aliphatic rings. The molecule has 0 aliphatic heterocycles. The molecule has 0 aliphatic carbocycles. The fourth-order valence-electron chi connectivity index (χ4n) is 2.61. The molecule has 3 rings (SSSR count). The van der Waals surface area contributed by atoms with Crippen LogP contribution in [0.1, 0.15) is 18.5 Å². The van der Waals surface area contributed by atoms with E-state index < -0.39 is 0 Å². The van der Waals surface area contributed by atoms with Crippen LogP contribution in [0.5, 0.6) is 11.5 Å². The van der Waals surface area contributed by atoms with Gasteiger partial charge >= 0.3 is 0 Å². The number of nitrogens with zero attached hydrogens (tertiary/aromatic N) is 1. The zero-order chi connectivity index (χ0) is 19.4. The minimum Gasteiger partial charge on any atom is -0.497 e. The quantitative estimate of drug-likeness (QED) is 0.546. The van der Waals surface area contributed by atoms with E-state index in [4.69, 9.17) is 21.1 Å². The molecule has 1 atom stereocenters. The molecular formula is C19H19ClN2O3S2. The first kappa shape index (κ1) is 19.8. The maximum Gasteiger partial charge on any atom is 0.230 e. The van der Waals surface area contributed by atoms with Crippen molar-refractivity contribution in [1.29, 1.82) is 0 Å². The topological polar surface area (TPSA) is 60.5 Å². The molecule has 0 radical (unpaired) electrons. The van der Waals surface area contributed by atoms with E-state index in [0.29, 0.717) is 10.8 Å². The molecule has 0 bridgehead atoms. The molecule has 1 heterocycles. The number of thioether (sulfide) groups is 1. The van der Waals surface area contributed by atoms with Gasteiger partial charge in [0.25, 0.3) is 0 Å². The SMILES string of the molecule is COc1ccc(OC)c(C(C)NC(=O)CSc2nc3cc(Cl)ccc3s2)c1. The fourth-order valence-corrected chi connectivity index (χ4v) is 4.63. The molecule has 5 nitrogen and oxygen atoms in total. The summed E-state index contributed by atoms with van der Waals surface area (Å²) in [5.74, 6) is 1.63. The maximum absolute atomic E-state index is 12.4. The molecule has 1 N–H and O–H groups in total. The number of rotatable bonds is 7. The lowest BCUT2D eigenvalue weighted by Gasteiger charge is -2.18. The second kappa shape index (κ2) is 8.82. The maximum atomic E-state index is 12.4. The summed E-state index contributed by atoms with van der Waals surface area (Å²) in [7, 11) is 3.21. The third-order valence-electron chi connectivity index (χ3n) is 3.94. The first-order chi connectivity index (χ1) is 13.0. The minimum absolute atomic E-state index is 0.0744. The summed E-state index contributed by atoms with van der Waals surface area (Å²) < 4.78 is 12.5. The van der Waals surface area contributed by atoms with Crippen molar-refractivity contribution in [2.75, 3.05) is 20.0 Å². The number of carbonyl (C=O) groups is 1. The molecule has 0 saturated heterocycles. The van der Waals surface area contributed by atoms with Gasteiger partial charge in [-0.1, -0.05) is 23.4 Å². The molecule has 8 heteroatoms. The van der Waals surface area contributed by atoms with Crippen molar-refractivity contribution in [2.45, 2.75) is 17.3 Å². The Morgan fingerprint density at radius 1 is 1.26 bits per heavy atom. The number of benzene rings is 2. The van der Waals surface area contributed by atoms with Crippen LogP contribution in [-0.2, 0) is 4.79 Å². The average Bonchev–Trinajstić information content (AvgIpc) is 3.07. The van der Waals surface area contributed by atoms with Crippen LogP contribution in [0.15, 0.2) is 40.7 Å². The molecule has 2 aromatic carbocycles. The van der Waals surface area contributed by atoms with E-state index in [-0.39, 0.29) is 17.7 Å². The fraction of sp³-hybridized carbons (Fsp3) is 0.263. The summed E-state index contributed by atoms with van der Waals surface area (Å²) >= 11 is 8.95. The molecule has 27 heavy (non-hydrogen) atoms. The van der Waals surface area contributed by atoms with E-state index in [1.165, 1.54) is 11.8 Å². The van der Waals surface area contributed by atoms with Gasteiger partial charge in [-0.25, -0.2) is 4.98 Å². The molecular weight excluding hydrogens is 404 g/mol. The van der Waals surface area contributed by atoms with Crippen molar-refractivity contribution in [3.8, 4) is 11.5 Å². The van der Waals surface area contributed by atoms with E-state index in [2.05, 4.69) is 10.3 Å². The Bertz CT molecular complexity index is 961. The average molecular weight is 423 g/mol. The predicted molar refractivity (Wildman–Crippen MR) is 111 cm³/mol. The second-order valence-corrected chi connectivity index (χ2v) is 8.47. The lowest BCUT2D eigenvalue weighted by molar-refractivity contribution is -0.119. The third-order valence-corrected chi connectivity index (χ3v) is 6.35. The van der Waals surface area contributed by atoms with Gasteiger partial charge in [0.1, 0.15) is 11.5 Å². The van der Waals surface area contributed by atoms with Crippen molar-refractivity contribution < 1.29 is 14.3 Å². The highest BCUT2D eigenvalue weighted by atomic mass is 35.5. The van der Waals surface area contributed by atoms with Crippen LogP contribution in [0.25, 0.3) is 10.2 Å². The Morgan fingerprint density at radius 2 is 2.07 bits per heavy atom. The molecule has 1 unspecified atom stereocenters. The Kier molecular flexibility index (Phi) is 6.46. The van der Waals surface area contributed by atoms with Crippen molar-refractivity contribution in [1.82, 2.24) is 10.3 Å². The number of amides is 1. The summed E-state index contributed by atoms with van der Waals surface area (Å²) in [4.78, 5) is 16.9. The van der Waals surface area contributed by atoms with E-state index in [0.717, 1.165) is 25.9 Å². The summed E-state index contributed by atoms with van der Waals surface area (Å²) in [6.07, 6.45) is 0. The van der Waals surface area contributed by atoms with Crippen molar-refractivity contribution in [2.24, 2.45) is 0 Å². The molecule has 0 fully saturated rings. The van der Waals surface area contributed by atoms with E-state index in [9.17, 15) is 4.79 Å². The predicted octanol–water partition coefficient (Wildman–Crippen LogP) is 4.94. The van der Waals surface area contributed by atoms with E-state index >= 15 is 0 Å². The Hall–Kier alpha value is -1.96. The number of fused-ring (bicyclic) bond motifs is 1. The zero-order valence-electron chi connectivity index (χ0n) is 15.1. The van der Waals surface area contributed by atoms with E-state index in [1.54, 1.807) is 25.6 Å². The van der Waals surface area contributed by atoms with Gasteiger partial charge in [-0.15, -0.1) is 11.3 Å². The Labute approximate surface area is 171 Å². The molecule has 1 aromatic heterocycles. The van der Waals surface area contributed by atoms with Crippen LogP contribution < -0.4 is 14.8 Å². The van der Waals surface area contributed by atoms with Crippen LogP contribution in [0.4, 0.5) is 0 Å². The summed E-state index contributed by atoms with van der Waals surface area (Å²) in [6.45, 7) is 1.92. The number of ether oxygens (including phenoxy) is 2. The summed E-state index contributed by atoms with van der Waals surface area (Å²) in [5, 5.41) is 3.65. The van der Waals surface area contributed by atoms with Crippen molar-refractivity contribution in [3.05, 3.63) is 47.0 Å². The van der Waals surface area contributed by atoms with Crippen LogP contribution in [0, 0.1) is 0 Å². The number of thiazole rings is 1. The highest BCUT2D eigenvalue weighted by Gasteiger charge is 2.16. The van der Waals surface area contributed by atoms with Gasteiger partial charge in [-0.05, 0) is 43.3 Å². The zero-order valence-corrected chi connectivity index (χ0v) is 17.5. The molecule has 1 amide bonds. The molecule has 142 valence electrons. The van der Waals surface area contributed by atoms with Crippen molar-refractivity contribution >= 4 is 50.8 Å². The molecule has 0 saturated carbocycles. The van der Waals surface area contributed by atoms with Gasteiger partial charge in [0.15, 0.2) is 4.34 Å². The number of methoxy groups -OCH3 is 2. The van der Waals surface area contributed by atoms with Crippen LogP contribution in [-0.4, -0.2) is 30.9 Å². The number of hydrogen-bond donors (Lipinski definition) is 1. The van der Waals surface area contributed by atoms with Crippen LogP contribution in [0.3, 0.4) is 0 Å². The van der Waals surface area contributed by atoms with Crippen LogP contribution in [0.2, 0.25) is 5.02 Å². The largest absolute Gasteiger partial charge is 0.497 e. The lowest BCUT2D eigenvalue weighted by Crippen LogP contribution is -2.28. The first-order valence-electron chi connectivity index (χ1n) is 8.20. The Morgan fingerprint density at radius 3 is 2.81 bits per heavy atom. The lowest BCUT2D eigenvalue weighted by atomic mass is 10.1. The highest BCUT2D eigenvalue weighted by molar-refractivity contribution is 8.01. The number of hydrogen-bond acceptors (Lipinski definition) is 6. The molecule has 3 aromatic rings. The van der Waals surface area contributed by atoms with Crippen LogP contribution >= 0.6 is 34.7 Å². The monoisotopic (exact) mass is 422 g/mol. The Balaban J connectivity index is 1.63. The number of aromatic nitrogens is 1. The van der Waals surface area contributed by atoms with Gasteiger partial charge < -0.3 is 14.8 Å². The molecule has 0 spiro atoms. The number of carbonyl (C=O) groups excluding carboxylic acids is 1. The smallest absolute Gasteiger partial charge is 0.230 e. The van der Waals surface area contributed by atoms with Gasteiger partial charge in [0, 0.05) is 10.6 Å². The van der Waals surface area contributed by atoms with Gasteiger partial charge in [0.2, 0.25) is 5.91 Å². The highest BCUT2D eigenvalue weighted by Crippen LogP contribution is 2.32.